The van der Waals surface area contributed by atoms with Gasteiger partial charge in [-0.15, -0.1) is 0 Å². The highest BCUT2D eigenvalue weighted by molar-refractivity contribution is 7.91. The molecule has 0 atom stereocenters. The van der Waals surface area contributed by atoms with Gasteiger partial charge in [-0.3, -0.25) is 14.7 Å². The quantitative estimate of drug-likeness (QED) is 0.377. The molecule has 8 heteroatoms. The van der Waals surface area contributed by atoms with Gasteiger partial charge in [0.1, 0.15) is 0 Å². The van der Waals surface area contributed by atoms with E-state index < -0.39 is 9.84 Å². The molecule has 0 spiro atoms. The average molecular weight is 480 g/mol. The third-order valence-electron chi connectivity index (χ3n) is 5.53. The molecular weight excluding hydrogens is 454 g/mol. The van der Waals surface area contributed by atoms with Crippen LogP contribution in [0.1, 0.15) is 29.3 Å². The maximum absolute atomic E-state index is 13.4. The number of hydrogen-bond donors (Lipinski definition) is 0. The molecule has 170 valence electrons. The van der Waals surface area contributed by atoms with Crippen molar-refractivity contribution in [1.82, 2.24) is 9.97 Å². The molecule has 2 aromatic carbocycles. The third kappa shape index (κ3) is 4.96. The summed E-state index contributed by atoms with van der Waals surface area (Å²) >= 11 is 1.50. The van der Waals surface area contributed by atoms with Crippen LogP contribution in [-0.4, -0.2) is 30.0 Å². The number of aromatic nitrogens is 2. The predicted octanol–water partition coefficient (Wildman–Crippen LogP) is 4.88. The van der Waals surface area contributed by atoms with Crippen LogP contribution in [0.25, 0.3) is 10.2 Å². The monoisotopic (exact) mass is 479 g/mol. The highest BCUT2D eigenvalue weighted by Crippen LogP contribution is 2.34. The molecular formula is C25H25N3O3S2. The highest BCUT2D eigenvalue weighted by atomic mass is 32.2. The number of hydrogen-bond acceptors (Lipinski definition) is 6. The molecule has 0 N–H and O–H groups in total. The first-order chi connectivity index (χ1) is 15.8. The van der Waals surface area contributed by atoms with Gasteiger partial charge in [-0.05, 0) is 54.8 Å². The van der Waals surface area contributed by atoms with E-state index in [-0.39, 0.29) is 23.0 Å². The summed E-state index contributed by atoms with van der Waals surface area (Å²) in [5.41, 5.74) is 4.61. The van der Waals surface area contributed by atoms with Crippen LogP contribution in [-0.2, 0) is 27.6 Å². The van der Waals surface area contributed by atoms with Gasteiger partial charge < -0.3 is 0 Å². The summed E-state index contributed by atoms with van der Waals surface area (Å²) in [7, 11) is -3.28. The van der Waals surface area contributed by atoms with Crippen molar-refractivity contribution in [3.8, 4) is 0 Å². The van der Waals surface area contributed by atoms with Crippen molar-refractivity contribution in [1.29, 1.82) is 0 Å². The van der Waals surface area contributed by atoms with Crippen molar-refractivity contribution in [2.75, 3.05) is 10.7 Å². The van der Waals surface area contributed by atoms with E-state index in [0.717, 1.165) is 32.6 Å². The Labute approximate surface area is 197 Å². The minimum atomic E-state index is -3.28. The van der Waals surface area contributed by atoms with Crippen LogP contribution in [0.2, 0.25) is 0 Å². The SMILES string of the molecule is CCS(=O)(=O)c1ccc(CC(=O)N(Cc2ccccn2)c2nc3c(C)ccc(C)c3s2)cc1. The summed E-state index contributed by atoms with van der Waals surface area (Å²) in [5, 5.41) is 0.628. The topological polar surface area (TPSA) is 80.2 Å². The lowest BCUT2D eigenvalue weighted by Crippen LogP contribution is -2.32. The van der Waals surface area contributed by atoms with Crippen LogP contribution in [0.5, 0.6) is 0 Å². The number of nitrogens with zero attached hydrogens (tertiary/aromatic N) is 3. The van der Waals surface area contributed by atoms with E-state index in [4.69, 9.17) is 4.98 Å². The molecule has 2 heterocycles. The van der Waals surface area contributed by atoms with E-state index in [1.54, 1.807) is 42.3 Å². The zero-order chi connectivity index (χ0) is 23.6. The number of carbonyl (C=O) groups is 1. The number of sulfone groups is 1. The first-order valence-corrected chi connectivity index (χ1v) is 13.1. The van der Waals surface area contributed by atoms with Gasteiger partial charge in [-0.25, -0.2) is 13.4 Å². The molecule has 0 aliphatic heterocycles. The smallest absolute Gasteiger partial charge is 0.233 e. The van der Waals surface area contributed by atoms with E-state index in [2.05, 4.69) is 11.1 Å². The molecule has 33 heavy (non-hydrogen) atoms. The van der Waals surface area contributed by atoms with Crippen molar-refractivity contribution in [3.63, 3.8) is 0 Å². The first-order valence-electron chi connectivity index (χ1n) is 10.7. The number of aryl methyl sites for hydroxylation is 2. The van der Waals surface area contributed by atoms with E-state index >= 15 is 0 Å². The lowest BCUT2D eigenvalue weighted by molar-refractivity contribution is -0.118. The molecule has 0 bridgehead atoms. The number of fused-ring (bicyclic) bond motifs is 1. The van der Waals surface area contributed by atoms with Gasteiger partial charge in [0.15, 0.2) is 15.0 Å². The van der Waals surface area contributed by atoms with Gasteiger partial charge in [0, 0.05) is 6.20 Å². The summed E-state index contributed by atoms with van der Waals surface area (Å²) in [6.45, 7) is 5.98. The second-order valence-corrected chi connectivity index (χ2v) is 11.2. The number of anilines is 1. The molecule has 0 saturated carbocycles. The summed E-state index contributed by atoms with van der Waals surface area (Å²) < 4.78 is 25.2. The summed E-state index contributed by atoms with van der Waals surface area (Å²) in [6, 6.07) is 16.3. The Morgan fingerprint density at radius 2 is 1.73 bits per heavy atom. The molecule has 0 fully saturated rings. The molecule has 0 aliphatic rings. The molecule has 0 unspecified atom stereocenters. The third-order valence-corrected chi connectivity index (χ3v) is 8.49. The first kappa shape index (κ1) is 23.1. The van der Waals surface area contributed by atoms with Crippen molar-refractivity contribution in [2.24, 2.45) is 0 Å². The fourth-order valence-electron chi connectivity index (χ4n) is 3.53. The van der Waals surface area contributed by atoms with Crippen LogP contribution in [0, 0.1) is 13.8 Å². The largest absolute Gasteiger partial charge is 0.282 e. The van der Waals surface area contributed by atoms with Gasteiger partial charge in [0.25, 0.3) is 0 Å². The number of carbonyl (C=O) groups excluding carboxylic acids is 1. The second kappa shape index (κ2) is 9.41. The number of pyridine rings is 1. The van der Waals surface area contributed by atoms with Crippen molar-refractivity contribution < 1.29 is 13.2 Å². The van der Waals surface area contributed by atoms with Crippen molar-refractivity contribution >= 4 is 42.4 Å². The van der Waals surface area contributed by atoms with E-state index in [1.165, 1.54) is 11.3 Å². The standard InChI is InChI=1S/C25H25N3O3S2/c1-4-33(30,31)21-12-10-19(11-13-21)15-22(29)28(16-20-7-5-6-14-26-20)25-27-23-17(2)8-9-18(3)24(23)32-25/h5-14H,4,15-16H2,1-3H3. The zero-order valence-corrected chi connectivity index (χ0v) is 20.4. The lowest BCUT2D eigenvalue weighted by atomic mass is 10.1. The van der Waals surface area contributed by atoms with E-state index in [9.17, 15) is 13.2 Å². The van der Waals surface area contributed by atoms with Gasteiger partial charge in [0.05, 0.1) is 39.5 Å². The Morgan fingerprint density at radius 3 is 2.36 bits per heavy atom. The Morgan fingerprint density at radius 1 is 1.00 bits per heavy atom. The normalized spacial score (nSPS) is 11.6. The minimum Gasteiger partial charge on any atom is -0.282 e. The maximum Gasteiger partial charge on any atom is 0.233 e. The Hall–Kier alpha value is -3.10. The summed E-state index contributed by atoms with van der Waals surface area (Å²) in [4.78, 5) is 24.6. The van der Waals surface area contributed by atoms with Crippen molar-refractivity contribution in [3.05, 3.63) is 83.2 Å². The summed E-state index contributed by atoms with van der Waals surface area (Å²) in [5.74, 6) is -0.0827. The molecule has 2 aromatic heterocycles. The Balaban J connectivity index is 1.67. The number of amides is 1. The van der Waals surface area contributed by atoms with Crippen LogP contribution < -0.4 is 4.90 Å². The van der Waals surface area contributed by atoms with Crippen molar-refractivity contribution in [2.45, 2.75) is 38.6 Å². The molecule has 1 amide bonds. The fraction of sp³-hybridized carbons (Fsp3) is 0.240. The predicted molar refractivity (Wildman–Crippen MR) is 132 cm³/mol. The summed E-state index contributed by atoms with van der Waals surface area (Å²) in [6.07, 6.45) is 1.84. The fourth-order valence-corrected chi connectivity index (χ4v) is 5.54. The number of benzene rings is 2. The van der Waals surface area contributed by atoms with Gasteiger partial charge >= 0.3 is 0 Å². The zero-order valence-electron chi connectivity index (χ0n) is 18.8. The second-order valence-electron chi connectivity index (χ2n) is 7.90. The average Bonchev–Trinajstić information content (AvgIpc) is 3.27. The lowest BCUT2D eigenvalue weighted by Gasteiger charge is -2.19. The molecule has 0 aliphatic carbocycles. The van der Waals surface area contributed by atoms with Gasteiger partial charge in [-0.1, -0.05) is 48.6 Å². The van der Waals surface area contributed by atoms with Crippen LogP contribution in [0.15, 0.2) is 65.7 Å². The van der Waals surface area contributed by atoms with Crippen LogP contribution in [0.3, 0.4) is 0 Å². The van der Waals surface area contributed by atoms with Gasteiger partial charge in [0.2, 0.25) is 5.91 Å². The Bertz CT molecular complexity index is 1360. The number of thiazole rings is 1. The van der Waals surface area contributed by atoms with E-state index in [0.29, 0.717) is 11.7 Å². The molecule has 0 saturated heterocycles. The highest BCUT2D eigenvalue weighted by Gasteiger charge is 2.22. The molecule has 0 radical (unpaired) electrons. The molecule has 6 nitrogen and oxygen atoms in total. The Kier molecular flexibility index (Phi) is 6.58. The maximum atomic E-state index is 13.4. The van der Waals surface area contributed by atoms with Crippen LogP contribution in [0.4, 0.5) is 5.13 Å². The number of rotatable bonds is 7. The minimum absolute atomic E-state index is 0.0412. The van der Waals surface area contributed by atoms with Crippen LogP contribution >= 0.6 is 11.3 Å². The molecule has 4 rings (SSSR count). The van der Waals surface area contributed by atoms with Gasteiger partial charge in [-0.2, -0.15) is 0 Å². The molecule has 4 aromatic rings. The van der Waals surface area contributed by atoms with E-state index in [1.807, 2.05) is 38.1 Å².